The molecule has 0 bridgehead atoms. The lowest BCUT2D eigenvalue weighted by molar-refractivity contribution is -0.140. The van der Waals surface area contributed by atoms with Gasteiger partial charge in [0.05, 0.1) is 6.42 Å². The van der Waals surface area contributed by atoms with Crippen LogP contribution in [0.15, 0.2) is 48.5 Å². The minimum Gasteiger partial charge on any atom is -0.355 e. The summed E-state index contributed by atoms with van der Waals surface area (Å²) in [6.45, 7) is 6.53. The largest absolute Gasteiger partial charge is 0.355 e. The van der Waals surface area contributed by atoms with E-state index in [9.17, 15) is 9.59 Å². The number of nitrogens with one attached hydrogen (secondary N) is 1. The number of aryl methyl sites for hydroxylation is 1. The standard InChI is InChI=1S/C21H25ClN2O2/c1-4-23-21(26)16(3)24(14-17-9-7-8-15(2)12-17)20(25)13-18-10-5-6-11-19(18)22/h5-12,16H,4,13-14H2,1-3H3,(H,23,26)/t16-/m1/s1. The van der Waals surface area contributed by atoms with Gasteiger partial charge in [0, 0.05) is 18.1 Å². The van der Waals surface area contributed by atoms with Crippen LogP contribution in [0.3, 0.4) is 0 Å². The molecule has 0 heterocycles. The molecular formula is C21H25ClN2O2. The SMILES string of the molecule is CCNC(=O)[C@@H](C)N(Cc1cccc(C)c1)C(=O)Cc1ccccc1Cl. The Balaban J connectivity index is 2.25. The van der Waals surface area contributed by atoms with E-state index in [0.29, 0.717) is 18.1 Å². The number of rotatable bonds is 7. The number of halogens is 1. The molecule has 2 rings (SSSR count). The van der Waals surface area contributed by atoms with Crippen LogP contribution in [0.1, 0.15) is 30.5 Å². The minimum atomic E-state index is -0.564. The van der Waals surface area contributed by atoms with Gasteiger partial charge in [0.2, 0.25) is 11.8 Å². The number of benzene rings is 2. The Labute approximate surface area is 160 Å². The van der Waals surface area contributed by atoms with Crippen LogP contribution < -0.4 is 5.32 Å². The molecule has 4 nitrogen and oxygen atoms in total. The third-order valence-electron chi connectivity index (χ3n) is 4.25. The Morgan fingerprint density at radius 1 is 1.15 bits per heavy atom. The summed E-state index contributed by atoms with van der Waals surface area (Å²) in [5.74, 6) is -0.286. The van der Waals surface area contributed by atoms with Crippen LogP contribution in [0, 0.1) is 6.92 Å². The second-order valence-electron chi connectivity index (χ2n) is 6.35. The Morgan fingerprint density at radius 3 is 2.54 bits per heavy atom. The van der Waals surface area contributed by atoms with Crippen LogP contribution in [-0.2, 0) is 22.6 Å². The first-order valence-corrected chi connectivity index (χ1v) is 9.16. The summed E-state index contributed by atoms with van der Waals surface area (Å²) >= 11 is 6.20. The Bertz CT molecular complexity index is 776. The summed E-state index contributed by atoms with van der Waals surface area (Å²) in [6, 6.07) is 14.7. The zero-order valence-corrected chi connectivity index (χ0v) is 16.2. The van der Waals surface area contributed by atoms with Crippen molar-refractivity contribution in [3.63, 3.8) is 0 Å². The fourth-order valence-electron chi connectivity index (χ4n) is 2.82. The monoisotopic (exact) mass is 372 g/mol. The van der Waals surface area contributed by atoms with Crippen molar-refractivity contribution in [2.24, 2.45) is 0 Å². The lowest BCUT2D eigenvalue weighted by atomic mass is 10.1. The van der Waals surface area contributed by atoms with Crippen LogP contribution in [0.25, 0.3) is 0 Å². The molecule has 0 spiro atoms. The van der Waals surface area contributed by atoms with E-state index in [1.807, 2.05) is 56.3 Å². The molecule has 5 heteroatoms. The first-order valence-electron chi connectivity index (χ1n) is 8.78. The van der Waals surface area contributed by atoms with Crippen molar-refractivity contribution >= 4 is 23.4 Å². The molecule has 2 aromatic rings. The fourth-order valence-corrected chi connectivity index (χ4v) is 3.02. The molecule has 1 N–H and O–H groups in total. The topological polar surface area (TPSA) is 49.4 Å². The average Bonchev–Trinajstić information content (AvgIpc) is 2.61. The average molecular weight is 373 g/mol. The number of nitrogens with zero attached hydrogens (tertiary/aromatic N) is 1. The van der Waals surface area contributed by atoms with Crippen molar-refractivity contribution in [1.29, 1.82) is 0 Å². The molecule has 0 aliphatic heterocycles. The number of likely N-dealkylation sites (N-methyl/N-ethyl adjacent to an activating group) is 1. The molecule has 0 fully saturated rings. The third-order valence-corrected chi connectivity index (χ3v) is 4.62. The van der Waals surface area contributed by atoms with Gasteiger partial charge < -0.3 is 10.2 Å². The van der Waals surface area contributed by atoms with Gasteiger partial charge in [-0.25, -0.2) is 0 Å². The molecule has 0 aliphatic carbocycles. The molecule has 0 radical (unpaired) electrons. The third kappa shape index (κ3) is 5.33. The Hall–Kier alpha value is -2.33. The van der Waals surface area contributed by atoms with Gasteiger partial charge in [-0.1, -0.05) is 59.6 Å². The van der Waals surface area contributed by atoms with Gasteiger partial charge >= 0.3 is 0 Å². The molecule has 26 heavy (non-hydrogen) atoms. The predicted molar refractivity (Wildman–Crippen MR) is 105 cm³/mol. The van der Waals surface area contributed by atoms with E-state index in [-0.39, 0.29) is 18.2 Å². The maximum absolute atomic E-state index is 13.0. The quantitative estimate of drug-likeness (QED) is 0.804. The van der Waals surface area contributed by atoms with E-state index in [1.165, 1.54) is 0 Å². The Morgan fingerprint density at radius 2 is 1.88 bits per heavy atom. The number of hydrogen-bond donors (Lipinski definition) is 1. The van der Waals surface area contributed by atoms with Crippen molar-refractivity contribution in [3.05, 3.63) is 70.2 Å². The van der Waals surface area contributed by atoms with Crippen LogP contribution in [-0.4, -0.2) is 29.3 Å². The van der Waals surface area contributed by atoms with E-state index in [4.69, 9.17) is 11.6 Å². The van der Waals surface area contributed by atoms with E-state index >= 15 is 0 Å². The molecule has 0 saturated heterocycles. The van der Waals surface area contributed by atoms with Gasteiger partial charge in [0.25, 0.3) is 0 Å². The molecule has 1 atom stereocenters. The molecule has 0 aromatic heterocycles. The van der Waals surface area contributed by atoms with E-state index in [1.54, 1.807) is 17.9 Å². The summed E-state index contributed by atoms with van der Waals surface area (Å²) in [5.41, 5.74) is 2.87. The molecule has 2 amide bonds. The van der Waals surface area contributed by atoms with Gasteiger partial charge in [-0.2, -0.15) is 0 Å². The summed E-state index contributed by atoms with van der Waals surface area (Å²) < 4.78 is 0. The molecule has 0 saturated carbocycles. The van der Waals surface area contributed by atoms with Crippen molar-refractivity contribution in [3.8, 4) is 0 Å². The van der Waals surface area contributed by atoms with Crippen LogP contribution in [0.4, 0.5) is 0 Å². The van der Waals surface area contributed by atoms with Crippen molar-refractivity contribution < 1.29 is 9.59 Å². The van der Waals surface area contributed by atoms with Gasteiger partial charge in [-0.15, -0.1) is 0 Å². The summed E-state index contributed by atoms with van der Waals surface area (Å²) in [7, 11) is 0. The van der Waals surface area contributed by atoms with Crippen LogP contribution in [0.2, 0.25) is 5.02 Å². The highest BCUT2D eigenvalue weighted by atomic mass is 35.5. The minimum absolute atomic E-state index is 0.127. The predicted octanol–water partition coefficient (Wildman–Crippen LogP) is 3.74. The first kappa shape index (κ1) is 20.0. The molecule has 0 aliphatic rings. The second-order valence-corrected chi connectivity index (χ2v) is 6.76. The molecular weight excluding hydrogens is 348 g/mol. The highest BCUT2D eigenvalue weighted by molar-refractivity contribution is 6.31. The maximum Gasteiger partial charge on any atom is 0.242 e. The maximum atomic E-state index is 13.0. The highest BCUT2D eigenvalue weighted by Gasteiger charge is 2.26. The van der Waals surface area contributed by atoms with Crippen LogP contribution >= 0.6 is 11.6 Å². The van der Waals surface area contributed by atoms with Crippen molar-refractivity contribution in [2.75, 3.05) is 6.54 Å². The summed E-state index contributed by atoms with van der Waals surface area (Å²) in [6.07, 6.45) is 0.162. The zero-order valence-electron chi connectivity index (χ0n) is 15.5. The lowest BCUT2D eigenvalue weighted by Crippen LogP contribution is -2.48. The number of amides is 2. The van der Waals surface area contributed by atoms with Gasteiger partial charge in [0.15, 0.2) is 0 Å². The first-order chi connectivity index (χ1) is 12.4. The van der Waals surface area contributed by atoms with Crippen molar-refractivity contribution in [2.45, 2.75) is 39.8 Å². The van der Waals surface area contributed by atoms with E-state index in [2.05, 4.69) is 5.32 Å². The lowest BCUT2D eigenvalue weighted by Gasteiger charge is -2.29. The van der Waals surface area contributed by atoms with E-state index < -0.39 is 6.04 Å². The fraction of sp³-hybridized carbons (Fsp3) is 0.333. The van der Waals surface area contributed by atoms with Crippen LogP contribution in [0.5, 0.6) is 0 Å². The number of carbonyl (C=O) groups excluding carboxylic acids is 2. The number of hydrogen-bond acceptors (Lipinski definition) is 2. The Kier molecular flexibility index (Phi) is 7.22. The molecule has 2 aromatic carbocycles. The summed E-state index contributed by atoms with van der Waals surface area (Å²) in [4.78, 5) is 26.9. The van der Waals surface area contributed by atoms with Gasteiger partial charge in [0.1, 0.15) is 6.04 Å². The van der Waals surface area contributed by atoms with Gasteiger partial charge in [-0.3, -0.25) is 9.59 Å². The summed E-state index contributed by atoms with van der Waals surface area (Å²) in [5, 5.41) is 3.35. The molecule has 0 unspecified atom stereocenters. The normalized spacial score (nSPS) is 11.7. The zero-order chi connectivity index (χ0) is 19.1. The van der Waals surface area contributed by atoms with Crippen molar-refractivity contribution in [1.82, 2.24) is 10.2 Å². The second kappa shape index (κ2) is 9.39. The highest BCUT2D eigenvalue weighted by Crippen LogP contribution is 2.18. The van der Waals surface area contributed by atoms with E-state index in [0.717, 1.165) is 16.7 Å². The smallest absolute Gasteiger partial charge is 0.242 e. The number of carbonyl (C=O) groups is 2. The molecule has 138 valence electrons. The van der Waals surface area contributed by atoms with Gasteiger partial charge in [-0.05, 0) is 38.0 Å².